The van der Waals surface area contributed by atoms with E-state index in [0.29, 0.717) is 12.1 Å². The Labute approximate surface area is 112 Å². The van der Waals surface area contributed by atoms with Gasteiger partial charge >= 0.3 is 0 Å². The molecule has 1 aliphatic rings. The van der Waals surface area contributed by atoms with Crippen LogP contribution in [0.15, 0.2) is 0 Å². The molecule has 1 heterocycles. The van der Waals surface area contributed by atoms with Gasteiger partial charge in [0, 0.05) is 31.8 Å². The second-order valence-corrected chi connectivity index (χ2v) is 5.84. The van der Waals surface area contributed by atoms with Crippen LogP contribution in [-0.2, 0) is 4.74 Å². The monoisotopic (exact) mass is 258 g/mol. The summed E-state index contributed by atoms with van der Waals surface area (Å²) in [6, 6.07) is 0.478. The van der Waals surface area contributed by atoms with E-state index in [2.05, 4.69) is 31.0 Å². The van der Waals surface area contributed by atoms with Crippen LogP contribution in [0.5, 0.6) is 0 Å². The van der Waals surface area contributed by atoms with E-state index < -0.39 is 0 Å². The summed E-state index contributed by atoms with van der Waals surface area (Å²) in [6.45, 7) is 9.80. The van der Waals surface area contributed by atoms with Crippen molar-refractivity contribution in [2.24, 2.45) is 0 Å². The molecule has 0 saturated carbocycles. The third kappa shape index (κ3) is 4.50. The molecular weight excluding hydrogens is 228 g/mol. The topological polar surface area (TPSA) is 44.7 Å². The molecule has 0 aromatic rings. The lowest BCUT2D eigenvalue weighted by Gasteiger charge is -2.35. The summed E-state index contributed by atoms with van der Waals surface area (Å²) in [5.74, 6) is 0. The highest BCUT2D eigenvalue weighted by Crippen LogP contribution is 2.21. The van der Waals surface area contributed by atoms with E-state index in [0.717, 1.165) is 38.9 Å². The molecule has 4 nitrogen and oxygen atoms in total. The molecule has 3 unspecified atom stereocenters. The molecule has 1 rings (SSSR count). The number of ether oxygens (including phenoxy) is 1. The van der Waals surface area contributed by atoms with Gasteiger partial charge in [-0.1, -0.05) is 6.92 Å². The van der Waals surface area contributed by atoms with Crippen LogP contribution < -0.4 is 5.32 Å². The Morgan fingerprint density at radius 2 is 2.28 bits per heavy atom. The largest absolute Gasteiger partial charge is 0.394 e. The normalized spacial score (nSPS) is 26.2. The maximum Gasteiger partial charge on any atom is 0.0710 e. The highest BCUT2D eigenvalue weighted by Gasteiger charge is 2.31. The summed E-state index contributed by atoms with van der Waals surface area (Å²) in [7, 11) is 1.79. The standard InChI is InChI=1S/C14H30N2O2/c1-5-7-15-14(3,11-17)9-12(2)16-8-6-13(10-16)18-4/h12-13,15,17H,5-11H2,1-4H3. The number of rotatable bonds is 8. The smallest absolute Gasteiger partial charge is 0.0710 e. The number of nitrogens with zero attached hydrogens (tertiary/aromatic N) is 1. The van der Waals surface area contributed by atoms with Crippen LogP contribution in [-0.4, -0.2) is 61.0 Å². The fraction of sp³-hybridized carbons (Fsp3) is 1.00. The second kappa shape index (κ2) is 7.43. The lowest BCUT2D eigenvalue weighted by Crippen LogP contribution is -2.50. The Hall–Kier alpha value is -0.160. The average Bonchev–Trinajstić information content (AvgIpc) is 2.85. The van der Waals surface area contributed by atoms with Crippen LogP contribution in [0.2, 0.25) is 0 Å². The number of hydrogen-bond acceptors (Lipinski definition) is 4. The minimum absolute atomic E-state index is 0.166. The number of hydrogen-bond donors (Lipinski definition) is 2. The SMILES string of the molecule is CCCNC(C)(CO)CC(C)N1CCC(OC)C1. The van der Waals surface area contributed by atoms with Crippen molar-refractivity contribution in [1.29, 1.82) is 0 Å². The third-order valence-electron chi connectivity index (χ3n) is 4.03. The van der Waals surface area contributed by atoms with Gasteiger partial charge in [-0.3, -0.25) is 4.90 Å². The Bertz CT molecular complexity index is 238. The maximum atomic E-state index is 9.60. The zero-order valence-electron chi connectivity index (χ0n) is 12.4. The first-order valence-corrected chi connectivity index (χ1v) is 7.17. The van der Waals surface area contributed by atoms with Gasteiger partial charge in [0.2, 0.25) is 0 Å². The number of aliphatic hydroxyl groups excluding tert-OH is 1. The number of methoxy groups -OCH3 is 1. The van der Waals surface area contributed by atoms with E-state index in [4.69, 9.17) is 4.74 Å². The van der Waals surface area contributed by atoms with Crippen LogP contribution in [0, 0.1) is 0 Å². The Morgan fingerprint density at radius 1 is 1.56 bits per heavy atom. The van der Waals surface area contributed by atoms with Crippen LogP contribution in [0.25, 0.3) is 0 Å². The van der Waals surface area contributed by atoms with E-state index in [9.17, 15) is 5.11 Å². The predicted octanol–water partition coefficient (Wildman–Crippen LogP) is 1.24. The second-order valence-electron chi connectivity index (χ2n) is 5.84. The molecule has 1 aliphatic heterocycles. The van der Waals surface area contributed by atoms with Gasteiger partial charge in [-0.25, -0.2) is 0 Å². The summed E-state index contributed by atoms with van der Waals surface area (Å²) in [5, 5.41) is 13.1. The molecule has 0 amide bonds. The van der Waals surface area contributed by atoms with Gasteiger partial charge in [-0.2, -0.15) is 0 Å². The van der Waals surface area contributed by atoms with E-state index in [-0.39, 0.29) is 12.1 Å². The van der Waals surface area contributed by atoms with Crippen LogP contribution >= 0.6 is 0 Å². The zero-order valence-corrected chi connectivity index (χ0v) is 12.4. The van der Waals surface area contributed by atoms with Crippen molar-refractivity contribution in [3.63, 3.8) is 0 Å². The van der Waals surface area contributed by atoms with Gasteiger partial charge in [0.25, 0.3) is 0 Å². The first kappa shape index (κ1) is 15.9. The molecule has 0 aromatic heterocycles. The summed E-state index contributed by atoms with van der Waals surface area (Å²) in [5.41, 5.74) is -0.166. The van der Waals surface area contributed by atoms with Gasteiger partial charge < -0.3 is 15.2 Å². The van der Waals surface area contributed by atoms with Gasteiger partial charge in [0.1, 0.15) is 0 Å². The van der Waals surface area contributed by atoms with E-state index in [1.165, 1.54) is 0 Å². The minimum Gasteiger partial charge on any atom is -0.394 e. The summed E-state index contributed by atoms with van der Waals surface area (Å²) < 4.78 is 5.41. The third-order valence-corrected chi connectivity index (χ3v) is 4.03. The Kier molecular flexibility index (Phi) is 6.57. The molecule has 0 aliphatic carbocycles. The predicted molar refractivity (Wildman–Crippen MR) is 74.9 cm³/mol. The molecule has 2 N–H and O–H groups in total. The molecule has 108 valence electrons. The quantitative estimate of drug-likeness (QED) is 0.687. The number of aliphatic hydroxyl groups is 1. The highest BCUT2D eigenvalue weighted by molar-refractivity contribution is 4.89. The van der Waals surface area contributed by atoms with Gasteiger partial charge in [0.05, 0.1) is 12.7 Å². The minimum atomic E-state index is -0.166. The fourth-order valence-electron chi connectivity index (χ4n) is 2.75. The van der Waals surface area contributed by atoms with Gasteiger partial charge in [-0.05, 0) is 39.7 Å². The molecule has 4 heteroatoms. The van der Waals surface area contributed by atoms with Crippen molar-refractivity contribution in [3.8, 4) is 0 Å². The summed E-state index contributed by atoms with van der Waals surface area (Å²) in [4.78, 5) is 2.47. The lowest BCUT2D eigenvalue weighted by atomic mass is 9.93. The summed E-state index contributed by atoms with van der Waals surface area (Å²) >= 11 is 0. The van der Waals surface area contributed by atoms with Crippen molar-refractivity contribution in [3.05, 3.63) is 0 Å². The average molecular weight is 258 g/mol. The number of likely N-dealkylation sites (tertiary alicyclic amines) is 1. The number of nitrogens with one attached hydrogen (secondary N) is 1. The van der Waals surface area contributed by atoms with Crippen LogP contribution in [0.4, 0.5) is 0 Å². The summed E-state index contributed by atoms with van der Waals surface area (Å²) in [6.07, 6.45) is 3.58. The van der Waals surface area contributed by atoms with Crippen molar-refractivity contribution < 1.29 is 9.84 Å². The lowest BCUT2D eigenvalue weighted by molar-refractivity contribution is 0.0900. The molecule has 1 fully saturated rings. The first-order valence-electron chi connectivity index (χ1n) is 7.17. The Morgan fingerprint density at radius 3 is 2.78 bits per heavy atom. The maximum absolute atomic E-state index is 9.60. The molecule has 18 heavy (non-hydrogen) atoms. The molecule has 0 aromatic carbocycles. The molecule has 0 bridgehead atoms. The van der Waals surface area contributed by atoms with Crippen LogP contribution in [0.3, 0.4) is 0 Å². The van der Waals surface area contributed by atoms with Crippen molar-refractivity contribution >= 4 is 0 Å². The molecule has 0 radical (unpaired) electrons. The zero-order chi connectivity index (χ0) is 13.6. The molecular formula is C14H30N2O2. The fourth-order valence-corrected chi connectivity index (χ4v) is 2.75. The van der Waals surface area contributed by atoms with Crippen LogP contribution in [0.1, 0.15) is 40.0 Å². The molecule has 1 saturated heterocycles. The highest BCUT2D eigenvalue weighted by atomic mass is 16.5. The van der Waals surface area contributed by atoms with Crippen molar-refractivity contribution in [1.82, 2.24) is 10.2 Å². The first-order chi connectivity index (χ1) is 8.54. The van der Waals surface area contributed by atoms with E-state index in [1.807, 2.05) is 0 Å². The van der Waals surface area contributed by atoms with Gasteiger partial charge in [-0.15, -0.1) is 0 Å². The molecule has 0 spiro atoms. The Balaban J connectivity index is 2.44. The van der Waals surface area contributed by atoms with E-state index >= 15 is 0 Å². The molecule has 3 atom stereocenters. The van der Waals surface area contributed by atoms with Gasteiger partial charge in [0.15, 0.2) is 0 Å². The van der Waals surface area contributed by atoms with Crippen molar-refractivity contribution in [2.75, 3.05) is 33.4 Å². The van der Waals surface area contributed by atoms with Crippen molar-refractivity contribution in [2.45, 2.75) is 57.7 Å². The van der Waals surface area contributed by atoms with E-state index in [1.54, 1.807) is 7.11 Å².